The fourth-order valence-electron chi connectivity index (χ4n) is 6.63. The molecule has 6 rings (SSSR count). The largest absolute Gasteiger partial charge is 0.508 e. The molecule has 3 nitrogen and oxygen atoms in total. The summed E-state index contributed by atoms with van der Waals surface area (Å²) in [4.78, 5) is 8.70. The van der Waals surface area contributed by atoms with Gasteiger partial charge in [-0.1, -0.05) is 6.07 Å². The maximum absolute atomic E-state index is 14.0. The lowest BCUT2D eigenvalue weighted by Gasteiger charge is -2.56. The molecule has 30 heavy (non-hydrogen) atoms. The van der Waals surface area contributed by atoms with Crippen molar-refractivity contribution in [3.8, 4) is 5.75 Å². The van der Waals surface area contributed by atoms with Crippen molar-refractivity contribution in [3.63, 3.8) is 0 Å². The van der Waals surface area contributed by atoms with Gasteiger partial charge in [-0.2, -0.15) is 13.2 Å². The van der Waals surface area contributed by atoms with Gasteiger partial charge in [0.2, 0.25) is 0 Å². The third-order valence-corrected chi connectivity index (χ3v) is 7.72. The first-order chi connectivity index (χ1) is 14.1. The Labute approximate surface area is 174 Å². The Bertz CT molecular complexity index is 963. The lowest BCUT2D eigenvalue weighted by Crippen LogP contribution is -2.49. The van der Waals surface area contributed by atoms with E-state index in [9.17, 15) is 18.3 Å². The first-order valence-electron chi connectivity index (χ1n) is 10.9. The van der Waals surface area contributed by atoms with Crippen LogP contribution in [0.15, 0.2) is 18.3 Å². The van der Waals surface area contributed by atoms with Crippen LogP contribution >= 0.6 is 0 Å². The van der Waals surface area contributed by atoms with Gasteiger partial charge in [-0.05, 0) is 92.9 Å². The number of halogens is 3. The predicted octanol–water partition coefficient (Wildman–Crippen LogP) is 5.88. The Kier molecular flexibility index (Phi) is 4.42. The van der Waals surface area contributed by atoms with Crippen LogP contribution in [-0.2, 0) is 18.0 Å². The van der Waals surface area contributed by atoms with Crippen molar-refractivity contribution in [2.45, 2.75) is 70.4 Å². The van der Waals surface area contributed by atoms with Crippen LogP contribution in [0.5, 0.6) is 5.75 Å². The monoisotopic (exact) mass is 416 g/mol. The Hall–Kier alpha value is -2.11. The summed E-state index contributed by atoms with van der Waals surface area (Å²) < 4.78 is 42.0. The van der Waals surface area contributed by atoms with E-state index in [1.54, 1.807) is 12.1 Å². The molecule has 6 heteroatoms. The summed E-state index contributed by atoms with van der Waals surface area (Å²) in [5.74, 6) is 2.24. The topological polar surface area (TPSA) is 46.0 Å². The molecule has 0 spiro atoms. The Balaban J connectivity index is 1.54. The number of hydrogen-bond donors (Lipinski definition) is 1. The van der Waals surface area contributed by atoms with Crippen LogP contribution in [0.3, 0.4) is 0 Å². The molecule has 0 atom stereocenters. The van der Waals surface area contributed by atoms with E-state index >= 15 is 0 Å². The number of aromatic nitrogens is 2. The molecular weight excluding hydrogens is 389 g/mol. The number of aromatic hydroxyl groups is 1. The van der Waals surface area contributed by atoms with Crippen LogP contribution in [-0.4, -0.2) is 15.1 Å². The molecule has 4 bridgehead atoms. The standard InChI is InChI=1S/C24H27F3N2O/c1-13-3-18(20(30)4-14(13)2)8-19-12-28-22(29-21(19)24(25,26)27)23-9-15-5-16(10-23)7-17(6-15)11-23/h3-4,12,15-17,30H,5-11H2,1-2H3. The second-order valence-corrected chi connectivity index (χ2v) is 10.0. The van der Waals surface area contributed by atoms with Crippen molar-refractivity contribution in [3.05, 3.63) is 52.1 Å². The van der Waals surface area contributed by atoms with E-state index in [2.05, 4.69) is 9.97 Å². The van der Waals surface area contributed by atoms with E-state index in [0.29, 0.717) is 29.1 Å². The highest BCUT2D eigenvalue weighted by atomic mass is 19.4. The van der Waals surface area contributed by atoms with Gasteiger partial charge < -0.3 is 5.11 Å². The molecule has 0 unspecified atom stereocenters. The zero-order chi connectivity index (χ0) is 21.3. The second-order valence-electron chi connectivity index (χ2n) is 10.0. The third-order valence-electron chi connectivity index (χ3n) is 7.72. The molecule has 1 heterocycles. The van der Waals surface area contributed by atoms with Gasteiger partial charge in [-0.3, -0.25) is 0 Å². The molecule has 160 valence electrons. The average molecular weight is 416 g/mol. The van der Waals surface area contributed by atoms with Gasteiger partial charge in [0.1, 0.15) is 11.6 Å². The van der Waals surface area contributed by atoms with E-state index in [-0.39, 0.29) is 23.1 Å². The number of rotatable bonds is 3. The Morgan fingerprint density at radius 2 is 1.53 bits per heavy atom. The van der Waals surface area contributed by atoms with Crippen molar-refractivity contribution >= 4 is 0 Å². The summed E-state index contributed by atoms with van der Waals surface area (Å²) in [5.41, 5.74) is 1.20. The third kappa shape index (κ3) is 3.28. The van der Waals surface area contributed by atoms with Crippen LogP contribution in [0.1, 0.15) is 72.3 Å². The fraction of sp³-hybridized carbons (Fsp3) is 0.583. The number of alkyl halides is 3. The molecule has 1 aromatic heterocycles. The number of phenols is 1. The molecule has 1 aromatic carbocycles. The SMILES string of the molecule is Cc1cc(O)c(Cc2cnc(C34CC5CC(CC(C5)C3)C4)nc2C(F)(F)F)cc1C. The number of nitrogens with zero attached hydrogens (tertiary/aromatic N) is 2. The molecule has 4 fully saturated rings. The first kappa shape index (κ1) is 19.8. The highest BCUT2D eigenvalue weighted by molar-refractivity contribution is 5.44. The molecule has 0 radical (unpaired) electrons. The Morgan fingerprint density at radius 3 is 2.10 bits per heavy atom. The normalized spacial score (nSPS) is 30.1. The van der Waals surface area contributed by atoms with Gasteiger partial charge in [0.15, 0.2) is 5.69 Å². The summed E-state index contributed by atoms with van der Waals surface area (Å²) in [7, 11) is 0. The number of aryl methyl sites for hydroxylation is 2. The molecule has 0 saturated heterocycles. The van der Waals surface area contributed by atoms with Crippen molar-refractivity contribution in [1.29, 1.82) is 0 Å². The van der Waals surface area contributed by atoms with Gasteiger partial charge in [0.05, 0.1) is 0 Å². The van der Waals surface area contributed by atoms with Gasteiger partial charge in [-0.25, -0.2) is 9.97 Å². The molecule has 1 N–H and O–H groups in total. The minimum atomic E-state index is -4.55. The number of benzene rings is 1. The van der Waals surface area contributed by atoms with Crippen molar-refractivity contribution < 1.29 is 18.3 Å². The molecule has 0 amide bonds. The number of phenolic OH excluding ortho intramolecular Hbond substituents is 1. The molecule has 4 aliphatic carbocycles. The zero-order valence-electron chi connectivity index (χ0n) is 17.4. The molecule has 0 aliphatic heterocycles. The first-order valence-corrected chi connectivity index (χ1v) is 10.9. The van der Waals surface area contributed by atoms with Crippen LogP contribution in [0.25, 0.3) is 0 Å². The highest BCUT2D eigenvalue weighted by Crippen LogP contribution is 2.60. The number of hydrogen-bond acceptors (Lipinski definition) is 3. The Morgan fingerprint density at radius 1 is 0.967 bits per heavy atom. The van der Waals surface area contributed by atoms with Crippen molar-refractivity contribution in [2.24, 2.45) is 17.8 Å². The predicted molar refractivity (Wildman–Crippen MR) is 107 cm³/mol. The lowest BCUT2D eigenvalue weighted by atomic mass is 9.49. The summed E-state index contributed by atoms with van der Waals surface area (Å²) >= 11 is 0. The summed E-state index contributed by atoms with van der Waals surface area (Å²) in [6.45, 7) is 3.75. The van der Waals surface area contributed by atoms with E-state index in [1.165, 1.54) is 25.5 Å². The maximum Gasteiger partial charge on any atom is 0.433 e. The summed E-state index contributed by atoms with van der Waals surface area (Å²) in [6.07, 6.45) is 3.20. The second kappa shape index (κ2) is 6.69. The van der Waals surface area contributed by atoms with E-state index in [0.717, 1.165) is 30.4 Å². The summed E-state index contributed by atoms with van der Waals surface area (Å²) in [5, 5.41) is 10.3. The maximum atomic E-state index is 14.0. The lowest BCUT2D eigenvalue weighted by molar-refractivity contribution is -0.142. The smallest absolute Gasteiger partial charge is 0.433 e. The van der Waals surface area contributed by atoms with E-state index in [4.69, 9.17) is 0 Å². The van der Waals surface area contributed by atoms with Gasteiger partial charge in [-0.15, -0.1) is 0 Å². The van der Waals surface area contributed by atoms with Crippen LogP contribution in [0.4, 0.5) is 13.2 Å². The van der Waals surface area contributed by atoms with Crippen LogP contribution < -0.4 is 0 Å². The zero-order valence-corrected chi connectivity index (χ0v) is 17.4. The van der Waals surface area contributed by atoms with Crippen LogP contribution in [0, 0.1) is 31.6 Å². The quantitative estimate of drug-likeness (QED) is 0.680. The van der Waals surface area contributed by atoms with Crippen molar-refractivity contribution in [1.82, 2.24) is 9.97 Å². The minimum Gasteiger partial charge on any atom is -0.508 e. The molecule has 4 aliphatic rings. The molecule has 4 saturated carbocycles. The highest BCUT2D eigenvalue weighted by Gasteiger charge is 2.53. The van der Waals surface area contributed by atoms with Gasteiger partial charge >= 0.3 is 6.18 Å². The fourth-order valence-corrected chi connectivity index (χ4v) is 6.63. The average Bonchev–Trinajstić information content (AvgIpc) is 2.64. The van der Waals surface area contributed by atoms with Crippen LogP contribution in [0.2, 0.25) is 0 Å². The van der Waals surface area contributed by atoms with E-state index < -0.39 is 11.9 Å². The minimum absolute atomic E-state index is 0.0105. The van der Waals surface area contributed by atoms with Crippen molar-refractivity contribution in [2.75, 3.05) is 0 Å². The molecular formula is C24H27F3N2O. The van der Waals surface area contributed by atoms with Gasteiger partial charge in [0.25, 0.3) is 0 Å². The van der Waals surface area contributed by atoms with Gasteiger partial charge in [0, 0.05) is 23.6 Å². The van der Waals surface area contributed by atoms with E-state index in [1.807, 2.05) is 13.8 Å². The molecule has 2 aromatic rings. The summed E-state index contributed by atoms with van der Waals surface area (Å²) in [6, 6.07) is 3.35.